The van der Waals surface area contributed by atoms with Gasteiger partial charge >= 0.3 is 0 Å². The molecule has 5 nitrogen and oxygen atoms in total. The lowest BCUT2D eigenvalue weighted by molar-refractivity contribution is -0.157. The molecule has 72 valence electrons. The Morgan fingerprint density at radius 3 is 2.00 bits per heavy atom. The highest BCUT2D eigenvalue weighted by molar-refractivity contribution is 4.91. The molecule has 0 saturated heterocycles. The summed E-state index contributed by atoms with van der Waals surface area (Å²) in [6.45, 7) is -0.397. The lowest BCUT2D eigenvalue weighted by Gasteiger charge is -2.37. The van der Waals surface area contributed by atoms with E-state index in [1.807, 2.05) is 0 Å². The molecule has 0 amide bonds. The van der Waals surface area contributed by atoms with Gasteiger partial charge in [0.1, 0.15) is 6.10 Å². The molecule has 5 N–H and O–H groups in total. The van der Waals surface area contributed by atoms with Crippen LogP contribution in [-0.4, -0.2) is 56.6 Å². The zero-order valence-corrected chi connectivity index (χ0v) is 6.54. The first-order valence-electron chi connectivity index (χ1n) is 3.91. The van der Waals surface area contributed by atoms with Crippen molar-refractivity contribution in [1.82, 2.24) is 0 Å². The van der Waals surface area contributed by atoms with E-state index in [-0.39, 0.29) is 6.42 Å². The van der Waals surface area contributed by atoms with E-state index < -0.39 is 36.9 Å². The van der Waals surface area contributed by atoms with Crippen molar-refractivity contribution < 1.29 is 25.5 Å². The first-order valence-corrected chi connectivity index (χ1v) is 3.91. The van der Waals surface area contributed by atoms with Gasteiger partial charge in [-0.2, -0.15) is 0 Å². The van der Waals surface area contributed by atoms with Crippen LogP contribution in [0.1, 0.15) is 6.42 Å². The van der Waals surface area contributed by atoms with E-state index in [1.165, 1.54) is 0 Å². The zero-order valence-electron chi connectivity index (χ0n) is 6.54. The molecule has 1 aliphatic carbocycles. The molecule has 0 spiro atoms. The molecule has 0 aromatic carbocycles. The Bertz CT molecular complexity index is 151. The molecule has 0 radical (unpaired) electrons. The Morgan fingerprint density at radius 2 is 1.50 bits per heavy atom. The van der Waals surface area contributed by atoms with Gasteiger partial charge in [0.25, 0.3) is 0 Å². The van der Waals surface area contributed by atoms with E-state index in [1.54, 1.807) is 0 Å². The van der Waals surface area contributed by atoms with Crippen LogP contribution < -0.4 is 0 Å². The highest BCUT2D eigenvalue weighted by Crippen LogP contribution is 2.25. The standard InChI is InChI=1S/C7H14O5/c8-2-3-4(9)1-5(10)7(12)6(3)11/h3-12H,1-2H2/t3-,4+,5-,6-,7-/m1/s1. The summed E-state index contributed by atoms with van der Waals surface area (Å²) in [6, 6.07) is 0. The third kappa shape index (κ3) is 1.60. The van der Waals surface area contributed by atoms with E-state index >= 15 is 0 Å². The first kappa shape index (κ1) is 9.88. The van der Waals surface area contributed by atoms with Gasteiger partial charge < -0.3 is 25.5 Å². The third-order valence-electron chi connectivity index (χ3n) is 2.37. The van der Waals surface area contributed by atoms with E-state index in [9.17, 15) is 10.2 Å². The molecule has 5 heteroatoms. The van der Waals surface area contributed by atoms with Crippen molar-refractivity contribution in [2.24, 2.45) is 5.92 Å². The molecule has 0 aliphatic heterocycles. The fourth-order valence-corrected chi connectivity index (χ4v) is 1.50. The fourth-order valence-electron chi connectivity index (χ4n) is 1.50. The van der Waals surface area contributed by atoms with Crippen LogP contribution in [-0.2, 0) is 0 Å². The molecular formula is C7H14O5. The van der Waals surface area contributed by atoms with Crippen molar-refractivity contribution in [2.75, 3.05) is 6.61 Å². The van der Waals surface area contributed by atoms with Gasteiger partial charge in [-0.25, -0.2) is 0 Å². The van der Waals surface area contributed by atoms with Crippen LogP contribution in [0, 0.1) is 5.92 Å². The summed E-state index contributed by atoms with van der Waals surface area (Å²) in [7, 11) is 0. The van der Waals surface area contributed by atoms with Gasteiger partial charge in [-0.15, -0.1) is 0 Å². The summed E-state index contributed by atoms with van der Waals surface area (Å²) < 4.78 is 0. The van der Waals surface area contributed by atoms with E-state index in [0.717, 1.165) is 0 Å². The third-order valence-corrected chi connectivity index (χ3v) is 2.37. The van der Waals surface area contributed by atoms with Crippen molar-refractivity contribution in [1.29, 1.82) is 0 Å². The highest BCUT2D eigenvalue weighted by Gasteiger charge is 2.41. The van der Waals surface area contributed by atoms with Crippen molar-refractivity contribution in [2.45, 2.75) is 30.8 Å². The predicted molar refractivity (Wildman–Crippen MR) is 39.2 cm³/mol. The molecular weight excluding hydrogens is 164 g/mol. The average Bonchev–Trinajstić information content (AvgIpc) is 2.01. The maximum Gasteiger partial charge on any atom is 0.106 e. The molecule has 1 fully saturated rings. The summed E-state index contributed by atoms with van der Waals surface area (Å²) in [6.07, 6.45) is -4.61. The minimum absolute atomic E-state index is 0.0105. The average molecular weight is 178 g/mol. The van der Waals surface area contributed by atoms with E-state index in [0.29, 0.717) is 0 Å². The molecule has 0 aromatic heterocycles. The molecule has 1 saturated carbocycles. The highest BCUT2D eigenvalue weighted by atomic mass is 16.4. The van der Waals surface area contributed by atoms with Gasteiger partial charge in [0, 0.05) is 12.3 Å². The minimum Gasteiger partial charge on any atom is -0.396 e. The fraction of sp³-hybridized carbons (Fsp3) is 1.00. The molecule has 0 heterocycles. The van der Waals surface area contributed by atoms with Crippen molar-refractivity contribution >= 4 is 0 Å². The molecule has 0 aromatic rings. The largest absolute Gasteiger partial charge is 0.396 e. The number of hydrogen-bond acceptors (Lipinski definition) is 5. The van der Waals surface area contributed by atoms with Crippen molar-refractivity contribution in [3.05, 3.63) is 0 Å². The number of hydrogen-bond donors (Lipinski definition) is 5. The van der Waals surface area contributed by atoms with Crippen LogP contribution in [0.25, 0.3) is 0 Å². The Balaban J connectivity index is 2.65. The quantitative estimate of drug-likeness (QED) is 0.304. The second-order valence-corrected chi connectivity index (χ2v) is 3.20. The SMILES string of the molecule is OC[C@H]1[C@@H](O)[C@H](O)[C@H](O)C[C@@H]1O. The maximum atomic E-state index is 9.25. The summed E-state index contributed by atoms with van der Waals surface area (Å²) in [5, 5.41) is 45.4. The van der Waals surface area contributed by atoms with Crippen LogP contribution in [0.15, 0.2) is 0 Å². The number of aliphatic hydroxyl groups excluding tert-OH is 5. The Labute approximate surface area is 69.9 Å². The first-order chi connectivity index (χ1) is 5.57. The molecule has 1 rings (SSSR count). The van der Waals surface area contributed by atoms with Gasteiger partial charge in [0.2, 0.25) is 0 Å². The number of aliphatic hydroxyl groups is 5. The summed E-state index contributed by atoms with van der Waals surface area (Å²) in [5.41, 5.74) is 0. The van der Waals surface area contributed by atoms with Crippen LogP contribution in [0.5, 0.6) is 0 Å². The molecule has 0 unspecified atom stereocenters. The molecule has 0 bridgehead atoms. The van der Waals surface area contributed by atoms with Crippen LogP contribution >= 0.6 is 0 Å². The topological polar surface area (TPSA) is 101 Å². The summed E-state index contributed by atoms with van der Waals surface area (Å²) in [5.74, 6) is -0.761. The lowest BCUT2D eigenvalue weighted by atomic mass is 9.81. The van der Waals surface area contributed by atoms with Crippen LogP contribution in [0.2, 0.25) is 0 Å². The predicted octanol–water partition coefficient (Wildman–Crippen LogP) is -2.56. The van der Waals surface area contributed by atoms with E-state index in [2.05, 4.69) is 0 Å². The van der Waals surface area contributed by atoms with Crippen LogP contribution in [0.3, 0.4) is 0 Å². The van der Waals surface area contributed by atoms with Gasteiger partial charge in [-0.3, -0.25) is 0 Å². The lowest BCUT2D eigenvalue weighted by Crippen LogP contribution is -2.53. The molecule has 1 aliphatic rings. The van der Waals surface area contributed by atoms with Gasteiger partial charge in [-0.05, 0) is 0 Å². The Morgan fingerprint density at radius 1 is 0.917 bits per heavy atom. The van der Waals surface area contributed by atoms with Gasteiger partial charge in [0.05, 0.1) is 24.9 Å². The molecule has 5 atom stereocenters. The van der Waals surface area contributed by atoms with Crippen LogP contribution in [0.4, 0.5) is 0 Å². The Hall–Kier alpha value is -0.200. The smallest absolute Gasteiger partial charge is 0.106 e. The maximum absolute atomic E-state index is 9.25. The van der Waals surface area contributed by atoms with Gasteiger partial charge in [0.15, 0.2) is 0 Å². The van der Waals surface area contributed by atoms with Gasteiger partial charge in [-0.1, -0.05) is 0 Å². The molecule has 12 heavy (non-hydrogen) atoms. The Kier molecular flexibility index (Phi) is 3.03. The minimum atomic E-state index is -1.27. The second-order valence-electron chi connectivity index (χ2n) is 3.20. The van der Waals surface area contributed by atoms with Crippen molar-refractivity contribution in [3.8, 4) is 0 Å². The summed E-state index contributed by atoms with van der Waals surface area (Å²) in [4.78, 5) is 0. The zero-order chi connectivity index (χ0) is 9.30. The monoisotopic (exact) mass is 178 g/mol. The van der Waals surface area contributed by atoms with E-state index in [4.69, 9.17) is 15.3 Å². The number of rotatable bonds is 1. The van der Waals surface area contributed by atoms with Crippen molar-refractivity contribution in [3.63, 3.8) is 0 Å². The summed E-state index contributed by atoms with van der Waals surface area (Å²) >= 11 is 0. The normalized spacial score (nSPS) is 49.2. The second kappa shape index (κ2) is 3.68.